The zero-order valence-corrected chi connectivity index (χ0v) is 20.0. The molecule has 0 spiro atoms. The first-order chi connectivity index (χ1) is 14.8. The van der Waals surface area contributed by atoms with Gasteiger partial charge in [0.15, 0.2) is 0 Å². The lowest BCUT2D eigenvalue weighted by atomic mass is 10.1. The van der Waals surface area contributed by atoms with Crippen molar-refractivity contribution in [2.45, 2.75) is 33.1 Å². The molecule has 2 heterocycles. The van der Waals surface area contributed by atoms with E-state index in [2.05, 4.69) is 18.9 Å². The predicted molar refractivity (Wildman–Crippen MR) is 127 cm³/mol. The first kappa shape index (κ1) is 21.9. The van der Waals surface area contributed by atoms with Crippen LogP contribution in [-0.4, -0.2) is 24.5 Å². The molecule has 0 amide bonds. The van der Waals surface area contributed by atoms with Gasteiger partial charge in [-0.1, -0.05) is 60.8 Å². The van der Waals surface area contributed by atoms with E-state index in [0.29, 0.717) is 32.5 Å². The van der Waals surface area contributed by atoms with Gasteiger partial charge in [-0.15, -0.1) is 5.10 Å². The van der Waals surface area contributed by atoms with Gasteiger partial charge in [-0.2, -0.15) is 5.10 Å². The van der Waals surface area contributed by atoms with Crippen LogP contribution in [0.1, 0.15) is 37.6 Å². The third-order valence-corrected chi connectivity index (χ3v) is 6.23. The topological polar surface area (TPSA) is 48.5 Å². The molecule has 0 aliphatic rings. The van der Waals surface area contributed by atoms with Crippen LogP contribution in [0.2, 0.25) is 15.1 Å². The van der Waals surface area contributed by atoms with Gasteiger partial charge in [0.1, 0.15) is 11.5 Å². The molecule has 0 saturated heterocycles. The van der Waals surface area contributed by atoms with Crippen LogP contribution in [0, 0.1) is 6.92 Å². The first-order valence-corrected chi connectivity index (χ1v) is 11.2. The Morgan fingerprint density at radius 1 is 0.968 bits per heavy atom. The van der Waals surface area contributed by atoms with Gasteiger partial charge in [-0.05, 0) is 43.7 Å². The Bertz CT molecular complexity index is 1240. The highest BCUT2D eigenvalue weighted by Gasteiger charge is 2.24. The fourth-order valence-electron chi connectivity index (χ4n) is 3.59. The number of aryl methyl sites for hydroxylation is 1. The average Bonchev–Trinajstić information content (AvgIpc) is 3.28. The number of hydrogen-bond acceptors (Lipinski definition) is 3. The molecule has 5 nitrogen and oxygen atoms in total. The molecule has 1 atom stereocenters. The van der Waals surface area contributed by atoms with Crippen molar-refractivity contribution in [2.24, 2.45) is 7.05 Å². The molecule has 1 unspecified atom stereocenters. The second-order valence-electron chi connectivity index (χ2n) is 7.56. The Kier molecular flexibility index (Phi) is 6.11. The molecule has 0 N–H and O–H groups in total. The summed E-state index contributed by atoms with van der Waals surface area (Å²) < 4.78 is 3.66. The molecule has 8 heteroatoms. The van der Waals surface area contributed by atoms with E-state index in [0.717, 1.165) is 34.8 Å². The summed E-state index contributed by atoms with van der Waals surface area (Å²) in [4.78, 5) is 4.80. The van der Waals surface area contributed by atoms with Crippen molar-refractivity contribution in [1.82, 2.24) is 24.5 Å². The average molecular weight is 475 g/mol. The number of aromatic nitrogens is 5. The Morgan fingerprint density at radius 2 is 1.65 bits per heavy atom. The normalized spacial score (nSPS) is 12.4. The Hall–Kier alpha value is -2.34. The van der Waals surface area contributed by atoms with Crippen LogP contribution in [0.25, 0.3) is 28.5 Å². The maximum atomic E-state index is 6.54. The fraction of sp³-hybridized carbons (Fsp3) is 0.261. The number of nitrogens with zero attached hydrogens (tertiary/aromatic N) is 5. The second kappa shape index (κ2) is 8.65. The lowest BCUT2D eigenvalue weighted by Gasteiger charge is -2.11. The Balaban J connectivity index is 1.96. The van der Waals surface area contributed by atoms with E-state index in [1.165, 1.54) is 0 Å². The molecule has 0 saturated carbocycles. The lowest BCUT2D eigenvalue weighted by molar-refractivity contribution is 0.609. The van der Waals surface area contributed by atoms with Crippen molar-refractivity contribution in [1.29, 1.82) is 0 Å². The molecule has 0 fully saturated rings. The SMILES string of the molecule is CCC(C)c1nc(-c2nn(-c3ccc(Cl)cc3Cl)c(-c3ccc(Cl)cc3)c2C)nn1C. The molecule has 31 heavy (non-hydrogen) atoms. The van der Waals surface area contributed by atoms with E-state index < -0.39 is 0 Å². The molecule has 0 bridgehead atoms. The van der Waals surface area contributed by atoms with E-state index in [-0.39, 0.29) is 0 Å². The number of benzene rings is 2. The highest BCUT2D eigenvalue weighted by molar-refractivity contribution is 6.35. The maximum Gasteiger partial charge on any atom is 0.202 e. The summed E-state index contributed by atoms with van der Waals surface area (Å²) in [5.74, 6) is 1.83. The molecule has 2 aromatic heterocycles. The van der Waals surface area contributed by atoms with Crippen molar-refractivity contribution in [3.8, 4) is 28.5 Å². The van der Waals surface area contributed by atoms with E-state index in [1.54, 1.807) is 12.1 Å². The van der Waals surface area contributed by atoms with E-state index >= 15 is 0 Å². The van der Waals surface area contributed by atoms with Gasteiger partial charge in [0, 0.05) is 34.1 Å². The van der Waals surface area contributed by atoms with Crippen molar-refractivity contribution in [3.63, 3.8) is 0 Å². The van der Waals surface area contributed by atoms with Crippen LogP contribution in [0.15, 0.2) is 42.5 Å². The van der Waals surface area contributed by atoms with Gasteiger partial charge in [0.25, 0.3) is 0 Å². The smallest absolute Gasteiger partial charge is 0.202 e. The van der Waals surface area contributed by atoms with Crippen LogP contribution in [0.3, 0.4) is 0 Å². The van der Waals surface area contributed by atoms with Gasteiger partial charge in [0.05, 0.1) is 16.4 Å². The predicted octanol–water partition coefficient (Wildman–Crippen LogP) is 7.12. The molecule has 2 aromatic carbocycles. The summed E-state index contributed by atoms with van der Waals surface area (Å²) in [7, 11) is 1.92. The third-order valence-electron chi connectivity index (χ3n) is 5.44. The van der Waals surface area contributed by atoms with Gasteiger partial charge in [-0.25, -0.2) is 9.67 Å². The standard InChI is InChI=1S/C23H22Cl3N5/c1-5-13(2)23-27-22(29-30(23)4)20-14(3)21(15-6-8-16(24)9-7-15)31(28-20)19-11-10-17(25)12-18(19)26/h6-13H,5H2,1-4H3. The largest absolute Gasteiger partial charge is 0.252 e. The van der Waals surface area contributed by atoms with E-state index in [1.807, 2.05) is 53.7 Å². The third kappa shape index (κ3) is 4.10. The van der Waals surface area contributed by atoms with Crippen LogP contribution < -0.4 is 0 Å². The quantitative estimate of drug-likeness (QED) is 0.309. The van der Waals surface area contributed by atoms with Crippen LogP contribution >= 0.6 is 34.8 Å². The number of rotatable bonds is 5. The molecule has 160 valence electrons. The Labute approximate surface area is 196 Å². The van der Waals surface area contributed by atoms with Crippen molar-refractivity contribution >= 4 is 34.8 Å². The number of hydrogen-bond donors (Lipinski definition) is 0. The van der Waals surface area contributed by atoms with Crippen LogP contribution in [0.4, 0.5) is 0 Å². The highest BCUT2D eigenvalue weighted by Crippen LogP contribution is 2.36. The van der Waals surface area contributed by atoms with Crippen LogP contribution in [0.5, 0.6) is 0 Å². The molecule has 4 rings (SSSR count). The minimum Gasteiger partial charge on any atom is -0.252 e. The zero-order chi connectivity index (χ0) is 22.3. The highest BCUT2D eigenvalue weighted by atomic mass is 35.5. The van der Waals surface area contributed by atoms with Gasteiger partial charge in [0.2, 0.25) is 5.82 Å². The van der Waals surface area contributed by atoms with Crippen molar-refractivity contribution in [2.75, 3.05) is 0 Å². The molecular weight excluding hydrogens is 453 g/mol. The van der Waals surface area contributed by atoms with Gasteiger partial charge < -0.3 is 0 Å². The van der Waals surface area contributed by atoms with Crippen molar-refractivity contribution < 1.29 is 0 Å². The summed E-state index contributed by atoms with van der Waals surface area (Å²) in [6.45, 7) is 6.30. The fourth-order valence-corrected chi connectivity index (χ4v) is 4.21. The van der Waals surface area contributed by atoms with Crippen LogP contribution in [-0.2, 0) is 7.05 Å². The minimum atomic E-state index is 0.301. The molecule has 0 radical (unpaired) electrons. The lowest BCUT2D eigenvalue weighted by Crippen LogP contribution is -2.02. The Morgan fingerprint density at radius 3 is 2.29 bits per heavy atom. The summed E-state index contributed by atoms with van der Waals surface area (Å²) in [6.07, 6.45) is 0.982. The second-order valence-corrected chi connectivity index (χ2v) is 8.84. The summed E-state index contributed by atoms with van der Waals surface area (Å²) >= 11 is 18.8. The first-order valence-electron chi connectivity index (χ1n) is 10.0. The zero-order valence-electron chi connectivity index (χ0n) is 17.7. The molecule has 4 aromatic rings. The molecular formula is C23H22Cl3N5. The maximum absolute atomic E-state index is 6.54. The van der Waals surface area contributed by atoms with E-state index in [4.69, 9.17) is 44.9 Å². The molecule has 0 aliphatic carbocycles. The monoisotopic (exact) mass is 473 g/mol. The van der Waals surface area contributed by atoms with Gasteiger partial charge >= 0.3 is 0 Å². The summed E-state index contributed by atoms with van der Waals surface area (Å²) in [5, 5.41) is 11.3. The van der Waals surface area contributed by atoms with Gasteiger partial charge in [-0.3, -0.25) is 4.68 Å². The number of halogens is 3. The summed E-state index contributed by atoms with van der Waals surface area (Å²) in [6, 6.07) is 13.0. The summed E-state index contributed by atoms with van der Waals surface area (Å²) in [5.41, 5.74) is 4.25. The minimum absolute atomic E-state index is 0.301. The van der Waals surface area contributed by atoms with Crippen molar-refractivity contribution in [3.05, 3.63) is 68.9 Å². The van der Waals surface area contributed by atoms with E-state index in [9.17, 15) is 0 Å². The molecule has 0 aliphatic heterocycles.